The molecule has 0 spiro atoms. The van der Waals surface area contributed by atoms with Crippen LogP contribution in [0.4, 0.5) is 20.6 Å². The number of urea groups is 1. The lowest BCUT2D eigenvalue weighted by molar-refractivity contribution is -0.385. The second-order valence-electron chi connectivity index (χ2n) is 4.21. The van der Waals surface area contributed by atoms with Crippen molar-refractivity contribution in [3.63, 3.8) is 0 Å². The van der Waals surface area contributed by atoms with Gasteiger partial charge in [-0.15, -0.1) is 11.8 Å². The van der Waals surface area contributed by atoms with Crippen LogP contribution in [-0.4, -0.2) is 44.6 Å². The Kier molecular flexibility index (Phi) is 4.26. The minimum absolute atomic E-state index is 0.104. The number of carbonyl (C=O) groups is 2. The molecule has 0 aromatic heterocycles. The van der Waals surface area contributed by atoms with E-state index in [0.29, 0.717) is 0 Å². The Balaban J connectivity index is 2.16. The maximum absolute atomic E-state index is 13.3. The van der Waals surface area contributed by atoms with Gasteiger partial charge in [0.15, 0.2) is 0 Å². The largest absolute Gasteiger partial charge is 0.480 e. The van der Waals surface area contributed by atoms with Crippen LogP contribution in [0.1, 0.15) is 0 Å². The van der Waals surface area contributed by atoms with Crippen LogP contribution in [0.15, 0.2) is 18.2 Å². The van der Waals surface area contributed by atoms with E-state index in [1.165, 1.54) is 11.8 Å². The number of nitrogens with one attached hydrogen (secondary N) is 1. The van der Waals surface area contributed by atoms with Gasteiger partial charge < -0.3 is 15.3 Å². The number of hydrogen-bond acceptors (Lipinski definition) is 5. The molecular formula is C11H10FN3O5S. The molecule has 0 radical (unpaired) electrons. The summed E-state index contributed by atoms with van der Waals surface area (Å²) in [6, 6.07) is 0.927. The Bertz CT molecular complexity index is 612. The van der Waals surface area contributed by atoms with E-state index in [-0.39, 0.29) is 17.3 Å². The summed E-state index contributed by atoms with van der Waals surface area (Å²) < 4.78 is 13.3. The van der Waals surface area contributed by atoms with E-state index in [1.807, 2.05) is 0 Å². The highest BCUT2D eigenvalue weighted by molar-refractivity contribution is 7.99. The third-order valence-electron chi connectivity index (χ3n) is 2.77. The van der Waals surface area contributed by atoms with Gasteiger partial charge >= 0.3 is 12.0 Å². The molecule has 21 heavy (non-hydrogen) atoms. The van der Waals surface area contributed by atoms with Crippen LogP contribution in [0.5, 0.6) is 0 Å². The van der Waals surface area contributed by atoms with Crippen molar-refractivity contribution in [1.29, 1.82) is 0 Å². The van der Waals surface area contributed by atoms with E-state index < -0.39 is 34.5 Å². The molecule has 1 aromatic rings. The molecule has 1 aliphatic heterocycles. The normalized spacial score (nSPS) is 17.6. The van der Waals surface area contributed by atoms with Gasteiger partial charge in [0.05, 0.1) is 22.6 Å². The van der Waals surface area contributed by atoms with Gasteiger partial charge in [-0.3, -0.25) is 10.1 Å². The summed E-state index contributed by atoms with van der Waals surface area (Å²) >= 11 is 1.27. The molecule has 2 amide bonds. The van der Waals surface area contributed by atoms with Crippen molar-refractivity contribution >= 4 is 35.1 Å². The SMILES string of the molecule is O=C(O)C1CSCN1C(=O)Nc1cc(F)cc([N+](=O)[O-])c1. The van der Waals surface area contributed by atoms with E-state index in [4.69, 9.17) is 5.11 Å². The number of nitro groups is 1. The average molecular weight is 315 g/mol. The number of hydrogen-bond donors (Lipinski definition) is 2. The molecule has 8 nitrogen and oxygen atoms in total. The average Bonchev–Trinajstić information content (AvgIpc) is 2.87. The number of halogens is 1. The van der Waals surface area contributed by atoms with Crippen LogP contribution in [0.3, 0.4) is 0 Å². The third-order valence-corrected chi connectivity index (χ3v) is 3.79. The Morgan fingerprint density at radius 1 is 1.48 bits per heavy atom. The zero-order valence-corrected chi connectivity index (χ0v) is 11.3. The van der Waals surface area contributed by atoms with Gasteiger partial charge in [-0.05, 0) is 6.07 Å². The van der Waals surface area contributed by atoms with E-state index >= 15 is 0 Å². The molecule has 0 bridgehead atoms. The van der Waals surface area contributed by atoms with Crippen LogP contribution < -0.4 is 5.32 Å². The molecule has 1 fully saturated rings. The number of carboxylic acid groups (broad SMARTS) is 1. The predicted molar refractivity (Wildman–Crippen MR) is 72.7 cm³/mol. The molecule has 1 saturated heterocycles. The number of nitro benzene ring substituents is 1. The molecule has 0 saturated carbocycles. The summed E-state index contributed by atoms with van der Waals surface area (Å²) in [5.41, 5.74) is -0.608. The number of carboxylic acids is 1. The fourth-order valence-corrected chi connectivity index (χ4v) is 2.94. The maximum atomic E-state index is 13.3. The van der Waals surface area contributed by atoms with Crippen LogP contribution in [-0.2, 0) is 4.79 Å². The second kappa shape index (κ2) is 5.95. The van der Waals surface area contributed by atoms with Gasteiger partial charge in [-0.1, -0.05) is 0 Å². The van der Waals surface area contributed by atoms with Crippen LogP contribution >= 0.6 is 11.8 Å². The van der Waals surface area contributed by atoms with E-state index in [1.54, 1.807) is 0 Å². The molecule has 2 N–H and O–H groups in total. The number of anilines is 1. The smallest absolute Gasteiger partial charge is 0.327 e. The van der Waals surface area contributed by atoms with Crippen molar-refractivity contribution in [2.45, 2.75) is 6.04 Å². The first-order valence-electron chi connectivity index (χ1n) is 5.71. The van der Waals surface area contributed by atoms with Gasteiger partial charge in [0, 0.05) is 11.8 Å². The Morgan fingerprint density at radius 2 is 2.19 bits per heavy atom. The number of rotatable bonds is 3. The topological polar surface area (TPSA) is 113 Å². The molecule has 10 heteroatoms. The highest BCUT2D eigenvalue weighted by Gasteiger charge is 2.34. The van der Waals surface area contributed by atoms with Gasteiger partial charge in [-0.2, -0.15) is 0 Å². The zero-order valence-electron chi connectivity index (χ0n) is 10.5. The second-order valence-corrected chi connectivity index (χ2v) is 5.21. The quantitative estimate of drug-likeness (QED) is 0.648. The van der Waals surface area contributed by atoms with E-state index in [9.17, 15) is 24.1 Å². The monoisotopic (exact) mass is 315 g/mol. The Hall–Kier alpha value is -2.36. The molecule has 1 unspecified atom stereocenters. The lowest BCUT2D eigenvalue weighted by Crippen LogP contribution is -2.43. The van der Waals surface area contributed by atoms with E-state index in [0.717, 1.165) is 23.1 Å². The van der Waals surface area contributed by atoms with Gasteiger partial charge in [0.25, 0.3) is 5.69 Å². The highest BCUT2D eigenvalue weighted by Crippen LogP contribution is 2.24. The van der Waals surface area contributed by atoms with Crippen LogP contribution in [0.2, 0.25) is 0 Å². The molecule has 112 valence electrons. The number of nitrogens with zero attached hydrogens (tertiary/aromatic N) is 2. The lowest BCUT2D eigenvalue weighted by Gasteiger charge is -2.20. The lowest BCUT2D eigenvalue weighted by atomic mass is 10.2. The Morgan fingerprint density at radius 3 is 2.81 bits per heavy atom. The summed E-state index contributed by atoms with van der Waals surface area (Å²) in [4.78, 5) is 33.9. The van der Waals surface area contributed by atoms with Gasteiger partial charge in [0.2, 0.25) is 0 Å². The molecule has 1 atom stereocenters. The van der Waals surface area contributed by atoms with Crippen LogP contribution in [0.25, 0.3) is 0 Å². The number of non-ortho nitro benzene ring substituents is 1. The third kappa shape index (κ3) is 3.40. The first-order valence-corrected chi connectivity index (χ1v) is 6.87. The maximum Gasteiger partial charge on any atom is 0.327 e. The first-order chi connectivity index (χ1) is 9.88. The predicted octanol–water partition coefficient (Wildman–Crippen LogP) is 1.73. The standard InChI is InChI=1S/C11H10FN3O5S/c12-6-1-7(3-8(2-6)15(19)20)13-11(18)14-5-21-4-9(14)10(16)17/h1-3,9H,4-5H2,(H,13,18)(H,16,17). The minimum Gasteiger partial charge on any atom is -0.480 e. The molecule has 1 aromatic carbocycles. The van der Waals surface area contributed by atoms with Gasteiger partial charge in [0.1, 0.15) is 11.9 Å². The highest BCUT2D eigenvalue weighted by atomic mass is 32.2. The van der Waals surface area contributed by atoms with Crippen molar-refractivity contribution in [2.75, 3.05) is 16.9 Å². The van der Waals surface area contributed by atoms with Crippen molar-refractivity contribution in [2.24, 2.45) is 0 Å². The summed E-state index contributed by atoms with van der Waals surface area (Å²) in [6.45, 7) is 0. The van der Waals surface area contributed by atoms with Crippen molar-refractivity contribution in [3.05, 3.63) is 34.1 Å². The van der Waals surface area contributed by atoms with Crippen molar-refractivity contribution < 1.29 is 24.0 Å². The number of benzene rings is 1. The number of aliphatic carboxylic acids is 1. The molecular weight excluding hydrogens is 305 g/mol. The van der Waals surface area contributed by atoms with Crippen molar-refractivity contribution in [3.8, 4) is 0 Å². The van der Waals surface area contributed by atoms with E-state index in [2.05, 4.69) is 5.32 Å². The first kappa shape index (κ1) is 15.0. The summed E-state index contributed by atoms with van der Waals surface area (Å²) in [5.74, 6) is -1.57. The Labute approximate surface area is 122 Å². The molecule has 1 aliphatic rings. The number of carbonyl (C=O) groups excluding carboxylic acids is 1. The number of amides is 2. The molecule has 2 rings (SSSR count). The fourth-order valence-electron chi connectivity index (χ4n) is 1.79. The summed E-state index contributed by atoms with van der Waals surface area (Å²) in [6.07, 6.45) is 0. The summed E-state index contributed by atoms with van der Waals surface area (Å²) in [5, 5.41) is 21.9. The number of thioether (sulfide) groups is 1. The molecule has 0 aliphatic carbocycles. The van der Waals surface area contributed by atoms with Crippen LogP contribution in [0, 0.1) is 15.9 Å². The zero-order chi connectivity index (χ0) is 15.6. The molecule has 1 heterocycles. The van der Waals surface area contributed by atoms with Gasteiger partial charge in [-0.25, -0.2) is 14.0 Å². The van der Waals surface area contributed by atoms with Crippen molar-refractivity contribution in [1.82, 2.24) is 4.90 Å². The summed E-state index contributed by atoms with van der Waals surface area (Å²) in [7, 11) is 0. The minimum atomic E-state index is -1.14. The fraction of sp³-hybridized carbons (Fsp3) is 0.273.